The van der Waals surface area contributed by atoms with E-state index < -0.39 is 24.1 Å². The third-order valence-corrected chi connectivity index (χ3v) is 3.15. The number of hydrogen-bond donors (Lipinski definition) is 2. The van der Waals surface area contributed by atoms with Crippen molar-refractivity contribution in [1.29, 1.82) is 0 Å². The molecule has 0 heterocycles. The van der Waals surface area contributed by atoms with Crippen LogP contribution in [0.2, 0.25) is 0 Å². The second kappa shape index (κ2) is 7.75. The Kier molecular flexibility index (Phi) is 6.33. The summed E-state index contributed by atoms with van der Waals surface area (Å²) in [5, 5.41) is 20.1. The Morgan fingerprint density at radius 2 is 1.95 bits per heavy atom. The van der Waals surface area contributed by atoms with E-state index in [9.17, 15) is 19.8 Å². The van der Waals surface area contributed by atoms with Gasteiger partial charge in [-0.3, -0.25) is 4.79 Å². The fourth-order valence-corrected chi connectivity index (χ4v) is 2.01. The van der Waals surface area contributed by atoms with Crippen LogP contribution in [0.4, 0.5) is 0 Å². The minimum atomic E-state index is -1.31. The lowest BCUT2D eigenvalue weighted by Gasteiger charge is -2.20. The van der Waals surface area contributed by atoms with E-state index in [-0.39, 0.29) is 13.0 Å². The predicted molar refractivity (Wildman–Crippen MR) is 74.7 cm³/mol. The van der Waals surface area contributed by atoms with Crippen molar-refractivity contribution < 1.29 is 29.3 Å². The van der Waals surface area contributed by atoms with Crippen LogP contribution in [0.15, 0.2) is 18.2 Å². The zero-order chi connectivity index (χ0) is 16.0. The molecule has 2 atom stereocenters. The zero-order valence-electron chi connectivity index (χ0n) is 12.3. The highest BCUT2D eigenvalue weighted by Crippen LogP contribution is 2.25. The number of esters is 2. The van der Waals surface area contributed by atoms with E-state index in [0.717, 1.165) is 0 Å². The molecule has 0 saturated carbocycles. The molecule has 0 bridgehead atoms. The van der Waals surface area contributed by atoms with Gasteiger partial charge in [-0.05, 0) is 31.0 Å². The number of rotatable bonds is 6. The Balaban J connectivity index is 2.94. The summed E-state index contributed by atoms with van der Waals surface area (Å²) in [5.74, 6) is -1.12. The van der Waals surface area contributed by atoms with Gasteiger partial charge in [0, 0.05) is 0 Å². The number of benzene rings is 1. The Hall–Kier alpha value is -1.92. The van der Waals surface area contributed by atoms with Gasteiger partial charge in [0.15, 0.2) is 0 Å². The molecular formula is C15H20O6. The van der Waals surface area contributed by atoms with Crippen molar-refractivity contribution in [2.75, 3.05) is 13.7 Å². The number of hydrogen-bond acceptors (Lipinski definition) is 6. The van der Waals surface area contributed by atoms with Crippen molar-refractivity contribution >= 4 is 11.9 Å². The molecule has 1 aromatic rings. The summed E-state index contributed by atoms with van der Waals surface area (Å²) in [6.45, 7) is 3.51. The maximum absolute atomic E-state index is 11.6. The van der Waals surface area contributed by atoms with E-state index in [1.165, 1.54) is 7.11 Å². The topological polar surface area (TPSA) is 93.1 Å². The zero-order valence-corrected chi connectivity index (χ0v) is 12.3. The van der Waals surface area contributed by atoms with Crippen LogP contribution in [0.25, 0.3) is 0 Å². The summed E-state index contributed by atoms with van der Waals surface area (Å²) in [6.07, 6.45) is -2.92. The van der Waals surface area contributed by atoms with Crippen molar-refractivity contribution in [2.45, 2.75) is 32.5 Å². The van der Waals surface area contributed by atoms with Crippen LogP contribution in [0.1, 0.15) is 40.9 Å². The van der Waals surface area contributed by atoms with E-state index in [2.05, 4.69) is 4.74 Å². The molecule has 0 aliphatic rings. The van der Waals surface area contributed by atoms with Crippen molar-refractivity contribution in [2.24, 2.45) is 0 Å². The van der Waals surface area contributed by atoms with Crippen LogP contribution in [0.5, 0.6) is 0 Å². The molecule has 0 aliphatic heterocycles. The first kappa shape index (κ1) is 17.1. The normalized spacial score (nSPS) is 13.4. The quantitative estimate of drug-likeness (QED) is 0.764. The van der Waals surface area contributed by atoms with Gasteiger partial charge in [-0.2, -0.15) is 0 Å². The second-order valence-electron chi connectivity index (χ2n) is 4.53. The summed E-state index contributed by atoms with van der Waals surface area (Å²) >= 11 is 0. The summed E-state index contributed by atoms with van der Waals surface area (Å²) in [5.41, 5.74) is 1.17. The average Bonchev–Trinajstić information content (AvgIpc) is 2.46. The minimum Gasteiger partial charge on any atom is -0.466 e. The largest absolute Gasteiger partial charge is 0.466 e. The molecule has 0 aromatic heterocycles. The molecule has 0 radical (unpaired) electrons. The van der Waals surface area contributed by atoms with Gasteiger partial charge in [0.2, 0.25) is 0 Å². The Bertz CT molecular complexity index is 511. The van der Waals surface area contributed by atoms with Crippen molar-refractivity contribution in [3.05, 3.63) is 34.9 Å². The lowest BCUT2D eigenvalue weighted by atomic mass is 9.94. The second-order valence-corrected chi connectivity index (χ2v) is 4.53. The lowest BCUT2D eigenvalue weighted by Crippen LogP contribution is -2.24. The van der Waals surface area contributed by atoms with Gasteiger partial charge in [-0.1, -0.05) is 12.1 Å². The lowest BCUT2D eigenvalue weighted by molar-refractivity contribution is -0.147. The standard InChI is InChI=1S/C15H20O6/c1-4-21-13(17)8-12(16)14(18)10-6-5-7-11(9(10)2)15(19)20-3/h5-7,12,14,16,18H,4,8H2,1-3H3. The highest BCUT2D eigenvalue weighted by Gasteiger charge is 2.25. The van der Waals surface area contributed by atoms with Crippen molar-refractivity contribution in [3.8, 4) is 0 Å². The van der Waals surface area contributed by atoms with Gasteiger partial charge in [0.25, 0.3) is 0 Å². The number of aliphatic hydroxyl groups excluding tert-OH is 2. The van der Waals surface area contributed by atoms with E-state index in [4.69, 9.17) is 4.74 Å². The van der Waals surface area contributed by atoms with Gasteiger partial charge in [0.05, 0.1) is 31.8 Å². The Morgan fingerprint density at radius 1 is 1.29 bits per heavy atom. The molecule has 1 rings (SSSR count). The highest BCUT2D eigenvalue weighted by atomic mass is 16.5. The average molecular weight is 296 g/mol. The monoisotopic (exact) mass is 296 g/mol. The van der Waals surface area contributed by atoms with E-state index >= 15 is 0 Å². The molecule has 6 nitrogen and oxygen atoms in total. The maximum atomic E-state index is 11.6. The first-order valence-corrected chi connectivity index (χ1v) is 6.61. The molecule has 6 heteroatoms. The minimum absolute atomic E-state index is 0.207. The summed E-state index contributed by atoms with van der Waals surface area (Å²) in [4.78, 5) is 22.9. The molecule has 2 N–H and O–H groups in total. The van der Waals surface area contributed by atoms with Gasteiger partial charge in [-0.15, -0.1) is 0 Å². The molecule has 0 amide bonds. The summed E-state index contributed by atoms with van der Waals surface area (Å²) in [7, 11) is 1.26. The van der Waals surface area contributed by atoms with Gasteiger partial charge >= 0.3 is 11.9 Å². The van der Waals surface area contributed by atoms with E-state index in [1.807, 2.05) is 0 Å². The summed E-state index contributed by atoms with van der Waals surface area (Å²) < 4.78 is 9.38. The van der Waals surface area contributed by atoms with Crippen LogP contribution in [-0.2, 0) is 14.3 Å². The summed E-state index contributed by atoms with van der Waals surface area (Å²) in [6, 6.07) is 4.73. The van der Waals surface area contributed by atoms with Crippen LogP contribution in [0, 0.1) is 6.92 Å². The predicted octanol–water partition coefficient (Wildman–Crippen LogP) is 1.13. The highest BCUT2D eigenvalue weighted by molar-refractivity contribution is 5.91. The molecule has 0 fully saturated rings. The first-order chi connectivity index (χ1) is 9.92. The van der Waals surface area contributed by atoms with Crippen LogP contribution >= 0.6 is 0 Å². The maximum Gasteiger partial charge on any atom is 0.338 e. The molecule has 2 unspecified atom stereocenters. The number of carbonyl (C=O) groups is 2. The fourth-order valence-electron chi connectivity index (χ4n) is 2.01. The SMILES string of the molecule is CCOC(=O)CC(O)C(O)c1cccc(C(=O)OC)c1C. The Labute approximate surface area is 123 Å². The Morgan fingerprint density at radius 3 is 2.52 bits per heavy atom. The first-order valence-electron chi connectivity index (χ1n) is 6.61. The van der Waals surface area contributed by atoms with E-state index in [1.54, 1.807) is 32.0 Å². The van der Waals surface area contributed by atoms with Gasteiger partial charge in [-0.25, -0.2) is 4.79 Å². The number of ether oxygens (including phenoxy) is 2. The smallest absolute Gasteiger partial charge is 0.338 e. The molecular weight excluding hydrogens is 276 g/mol. The van der Waals surface area contributed by atoms with Gasteiger partial charge in [0.1, 0.15) is 6.10 Å². The van der Waals surface area contributed by atoms with Crippen LogP contribution in [-0.4, -0.2) is 42.0 Å². The molecule has 21 heavy (non-hydrogen) atoms. The third kappa shape index (κ3) is 4.27. The molecule has 1 aromatic carbocycles. The fraction of sp³-hybridized carbons (Fsp3) is 0.467. The molecule has 0 saturated heterocycles. The molecule has 0 aliphatic carbocycles. The van der Waals surface area contributed by atoms with Crippen LogP contribution in [0.3, 0.4) is 0 Å². The molecule has 116 valence electrons. The van der Waals surface area contributed by atoms with Crippen LogP contribution < -0.4 is 0 Å². The number of methoxy groups -OCH3 is 1. The van der Waals surface area contributed by atoms with E-state index in [0.29, 0.717) is 16.7 Å². The van der Waals surface area contributed by atoms with Crippen molar-refractivity contribution in [1.82, 2.24) is 0 Å². The van der Waals surface area contributed by atoms with Gasteiger partial charge < -0.3 is 19.7 Å². The number of carbonyl (C=O) groups excluding carboxylic acids is 2. The third-order valence-electron chi connectivity index (χ3n) is 3.15. The molecule has 0 spiro atoms. The van der Waals surface area contributed by atoms with Crippen molar-refractivity contribution in [3.63, 3.8) is 0 Å². The number of aliphatic hydroxyl groups is 2.